The lowest BCUT2D eigenvalue weighted by Crippen LogP contribution is -2.31. The number of nitrogens with one attached hydrogen (secondary N) is 2. The summed E-state index contributed by atoms with van der Waals surface area (Å²) < 4.78 is 4.96. The second-order valence-corrected chi connectivity index (χ2v) is 3.94. The van der Waals surface area contributed by atoms with Crippen molar-refractivity contribution < 1.29 is 9.53 Å². The summed E-state index contributed by atoms with van der Waals surface area (Å²) in [6, 6.07) is 0. The van der Waals surface area contributed by atoms with Crippen LogP contribution in [0.25, 0.3) is 0 Å². The van der Waals surface area contributed by atoms with E-state index < -0.39 is 0 Å². The first kappa shape index (κ1) is 11.3. The summed E-state index contributed by atoms with van der Waals surface area (Å²) in [6.07, 6.45) is 0.971. The molecule has 0 radical (unpaired) electrons. The van der Waals surface area contributed by atoms with Gasteiger partial charge in [-0.05, 0) is 13.3 Å². The third kappa shape index (κ3) is 3.55. The van der Waals surface area contributed by atoms with Gasteiger partial charge in [-0.2, -0.15) is 5.10 Å². The number of ether oxygens (including phenoxy) is 1. The van der Waals surface area contributed by atoms with Gasteiger partial charge in [-0.15, -0.1) is 0 Å². The molecular weight excluding hydrogens is 202 g/mol. The van der Waals surface area contributed by atoms with E-state index in [0.717, 1.165) is 6.42 Å². The molecule has 1 aliphatic rings. The Kier molecular flexibility index (Phi) is 4.75. The van der Waals surface area contributed by atoms with E-state index in [1.807, 2.05) is 6.92 Å². The van der Waals surface area contributed by atoms with Crippen LogP contribution in [0.5, 0.6) is 0 Å². The third-order valence-corrected chi connectivity index (χ3v) is 2.76. The summed E-state index contributed by atoms with van der Waals surface area (Å²) in [5.41, 5.74) is 2.91. The zero-order valence-electron chi connectivity index (χ0n) is 8.37. The number of hydrazone groups is 1. The van der Waals surface area contributed by atoms with E-state index in [1.165, 1.54) is 11.8 Å². The lowest BCUT2D eigenvalue weighted by Gasteiger charge is -2.04. The molecular formula is C8H15N3O2S. The second kappa shape index (κ2) is 5.87. The van der Waals surface area contributed by atoms with Gasteiger partial charge in [0, 0.05) is 6.61 Å². The smallest absolute Gasteiger partial charge is 0.251 e. The van der Waals surface area contributed by atoms with Gasteiger partial charge >= 0.3 is 0 Å². The maximum absolute atomic E-state index is 11.2. The Morgan fingerprint density at radius 1 is 1.71 bits per heavy atom. The van der Waals surface area contributed by atoms with Crippen LogP contribution in [-0.2, 0) is 9.53 Å². The fraction of sp³-hybridized carbons (Fsp3) is 0.750. The Hall–Kier alpha value is -0.750. The monoisotopic (exact) mass is 217 g/mol. The van der Waals surface area contributed by atoms with Gasteiger partial charge in [0.1, 0.15) is 6.61 Å². The average molecular weight is 217 g/mol. The molecule has 1 unspecified atom stereocenters. The first-order valence-corrected chi connectivity index (χ1v) is 5.51. The molecule has 1 aliphatic heterocycles. The van der Waals surface area contributed by atoms with Gasteiger partial charge in [-0.1, -0.05) is 18.7 Å². The van der Waals surface area contributed by atoms with Crippen LogP contribution in [0.2, 0.25) is 0 Å². The van der Waals surface area contributed by atoms with Gasteiger partial charge in [0.2, 0.25) is 0 Å². The van der Waals surface area contributed by atoms with Crippen LogP contribution in [0, 0.1) is 0 Å². The van der Waals surface area contributed by atoms with E-state index in [9.17, 15) is 4.79 Å². The van der Waals surface area contributed by atoms with Gasteiger partial charge in [-0.25, -0.2) is 0 Å². The van der Waals surface area contributed by atoms with E-state index in [1.54, 1.807) is 0 Å². The number of rotatable bonds is 4. The number of amidine groups is 1. The number of hydrogen-bond acceptors (Lipinski definition) is 5. The Labute approximate surface area is 87.7 Å². The zero-order valence-corrected chi connectivity index (χ0v) is 9.19. The molecule has 14 heavy (non-hydrogen) atoms. The largest absolute Gasteiger partial charge is 0.372 e. The summed E-state index contributed by atoms with van der Waals surface area (Å²) >= 11 is 1.52. The fourth-order valence-electron chi connectivity index (χ4n) is 0.900. The van der Waals surface area contributed by atoms with Crippen molar-refractivity contribution in [1.82, 2.24) is 10.7 Å². The Bertz CT molecular complexity index is 233. The maximum Gasteiger partial charge on any atom is 0.251 e. The molecule has 6 heteroatoms. The molecule has 0 aromatic carbocycles. The molecule has 1 rings (SSSR count). The van der Waals surface area contributed by atoms with E-state index in [4.69, 9.17) is 4.74 Å². The minimum absolute atomic E-state index is 0.0902. The minimum Gasteiger partial charge on any atom is -0.372 e. The van der Waals surface area contributed by atoms with E-state index in [0.29, 0.717) is 11.8 Å². The predicted octanol–water partition coefficient (Wildman–Crippen LogP) is 0.483. The van der Waals surface area contributed by atoms with Crippen LogP contribution in [0.4, 0.5) is 0 Å². The highest BCUT2D eigenvalue weighted by atomic mass is 32.2. The summed E-state index contributed by atoms with van der Waals surface area (Å²) in [7, 11) is 0. The van der Waals surface area contributed by atoms with E-state index >= 15 is 0 Å². The van der Waals surface area contributed by atoms with Crippen molar-refractivity contribution >= 4 is 22.8 Å². The molecule has 0 aromatic heterocycles. The molecule has 1 heterocycles. The van der Waals surface area contributed by atoms with Gasteiger partial charge in [0.15, 0.2) is 5.17 Å². The maximum atomic E-state index is 11.2. The fourth-order valence-corrected chi connectivity index (χ4v) is 1.72. The first-order chi connectivity index (χ1) is 6.76. The summed E-state index contributed by atoms with van der Waals surface area (Å²) in [4.78, 5) is 11.2. The van der Waals surface area contributed by atoms with Crippen molar-refractivity contribution in [3.63, 3.8) is 0 Å². The van der Waals surface area contributed by atoms with Crippen molar-refractivity contribution in [2.75, 3.05) is 13.2 Å². The van der Waals surface area contributed by atoms with Crippen LogP contribution in [0.15, 0.2) is 5.10 Å². The lowest BCUT2D eigenvalue weighted by atomic mass is 10.5. The number of amides is 1. The number of hydrogen-bond donors (Lipinski definition) is 2. The molecule has 0 saturated carbocycles. The van der Waals surface area contributed by atoms with Crippen LogP contribution in [0.3, 0.4) is 0 Å². The van der Waals surface area contributed by atoms with Crippen LogP contribution in [-0.4, -0.2) is 29.7 Å². The number of carbonyl (C=O) groups is 1. The van der Waals surface area contributed by atoms with Crippen molar-refractivity contribution in [1.29, 1.82) is 0 Å². The zero-order chi connectivity index (χ0) is 10.4. The van der Waals surface area contributed by atoms with Gasteiger partial charge in [0.05, 0.1) is 5.37 Å². The van der Waals surface area contributed by atoms with Gasteiger partial charge in [-0.3, -0.25) is 10.2 Å². The summed E-state index contributed by atoms with van der Waals surface area (Å²) in [6.45, 7) is 4.55. The van der Waals surface area contributed by atoms with Crippen LogP contribution in [0.1, 0.15) is 20.3 Å². The Balaban J connectivity index is 2.21. The molecule has 80 valence electrons. The highest BCUT2D eigenvalue weighted by Crippen LogP contribution is 2.17. The number of thioether (sulfide) groups is 1. The lowest BCUT2D eigenvalue weighted by molar-refractivity contribution is -0.124. The molecule has 1 atom stereocenters. The van der Waals surface area contributed by atoms with Gasteiger partial charge in [0.25, 0.3) is 5.91 Å². The summed E-state index contributed by atoms with van der Waals surface area (Å²) in [5.74, 6) is -0.156. The summed E-state index contributed by atoms with van der Waals surface area (Å²) in [5, 5.41) is 7.54. The highest BCUT2D eigenvalue weighted by molar-refractivity contribution is 8.14. The molecule has 2 N–H and O–H groups in total. The SMILES string of the molecule is CCOCC(=O)NC1=NNC(CC)S1. The van der Waals surface area contributed by atoms with Crippen molar-refractivity contribution in [3.05, 3.63) is 0 Å². The molecule has 0 aliphatic carbocycles. The standard InChI is InChI=1S/C8H15N3O2S/c1-3-7-10-11-8(14-7)9-6(12)5-13-4-2/h7,10H,3-5H2,1-2H3,(H,9,11,12). The highest BCUT2D eigenvalue weighted by Gasteiger charge is 2.18. The normalized spacial score (nSPS) is 20.1. The topological polar surface area (TPSA) is 62.7 Å². The molecule has 1 amide bonds. The molecule has 0 fully saturated rings. The molecule has 0 spiro atoms. The average Bonchev–Trinajstić information content (AvgIpc) is 2.62. The van der Waals surface area contributed by atoms with E-state index in [-0.39, 0.29) is 17.9 Å². The van der Waals surface area contributed by atoms with Crippen molar-refractivity contribution in [2.45, 2.75) is 25.6 Å². The van der Waals surface area contributed by atoms with Crippen molar-refractivity contribution in [3.8, 4) is 0 Å². The van der Waals surface area contributed by atoms with Gasteiger partial charge < -0.3 is 10.1 Å². The van der Waals surface area contributed by atoms with Crippen molar-refractivity contribution in [2.24, 2.45) is 5.10 Å². The number of nitrogens with zero attached hydrogens (tertiary/aromatic N) is 1. The second-order valence-electron chi connectivity index (χ2n) is 2.75. The third-order valence-electron chi connectivity index (χ3n) is 1.62. The molecule has 0 aromatic rings. The number of carbonyl (C=O) groups excluding carboxylic acids is 1. The molecule has 5 nitrogen and oxygen atoms in total. The van der Waals surface area contributed by atoms with Crippen LogP contribution >= 0.6 is 11.8 Å². The molecule has 0 bridgehead atoms. The Morgan fingerprint density at radius 2 is 2.50 bits per heavy atom. The first-order valence-electron chi connectivity index (χ1n) is 4.63. The predicted molar refractivity (Wildman–Crippen MR) is 56.9 cm³/mol. The minimum atomic E-state index is -0.156. The Morgan fingerprint density at radius 3 is 3.07 bits per heavy atom. The van der Waals surface area contributed by atoms with E-state index in [2.05, 4.69) is 22.8 Å². The molecule has 0 saturated heterocycles. The van der Waals surface area contributed by atoms with Crippen LogP contribution < -0.4 is 10.7 Å². The quantitative estimate of drug-likeness (QED) is 0.719.